The molecule has 1 aromatic carbocycles. The van der Waals surface area contributed by atoms with Crippen LogP contribution in [0.3, 0.4) is 0 Å². The Morgan fingerprint density at radius 2 is 1.94 bits per heavy atom. The summed E-state index contributed by atoms with van der Waals surface area (Å²) in [5, 5.41) is 0. The second kappa shape index (κ2) is 6.61. The van der Waals surface area contributed by atoms with Crippen LogP contribution < -0.4 is 5.73 Å². The Kier molecular flexibility index (Phi) is 5.43. The van der Waals surface area contributed by atoms with Crippen LogP contribution in [-0.2, 0) is 13.0 Å². The highest BCUT2D eigenvalue weighted by atomic mass is 19.1. The Balaban J connectivity index is 2.60. The monoisotopic (exact) mass is 224 g/mol. The van der Waals surface area contributed by atoms with E-state index in [0.29, 0.717) is 5.56 Å². The Labute approximate surface area is 97.3 Å². The van der Waals surface area contributed by atoms with E-state index in [0.717, 1.165) is 31.6 Å². The third-order valence-electron chi connectivity index (χ3n) is 2.94. The molecule has 0 saturated heterocycles. The van der Waals surface area contributed by atoms with Crippen molar-refractivity contribution >= 4 is 0 Å². The highest BCUT2D eigenvalue weighted by molar-refractivity contribution is 5.25. The molecule has 0 atom stereocenters. The zero-order valence-electron chi connectivity index (χ0n) is 10.2. The van der Waals surface area contributed by atoms with Crippen molar-refractivity contribution in [3.8, 4) is 0 Å². The van der Waals surface area contributed by atoms with E-state index in [9.17, 15) is 4.39 Å². The number of likely N-dealkylation sites (N-methyl/N-ethyl adjacent to an activating group) is 1. The van der Waals surface area contributed by atoms with Gasteiger partial charge in [0.05, 0.1) is 0 Å². The number of halogens is 1. The van der Waals surface area contributed by atoms with Crippen molar-refractivity contribution in [3.05, 3.63) is 35.1 Å². The molecule has 0 bridgehead atoms. The summed E-state index contributed by atoms with van der Waals surface area (Å²) < 4.78 is 13.2. The number of hydrogen-bond donors (Lipinski definition) is 1. The molecular formula is C13H21FN2. The molecule has 0 spiro atoms. The maximum absolute atomic E-state index is 13.2. The lowest BCUT2D eigenvalue weighted by atomic mass is 10.1. The van der Waals surface area contributed by atoms with E-state index in [-0.39, 0.29) is 12.4 Å². The first kappa shape index (κ1) is 13.1. The summed E-state index contributed by atoms with van der Waals surface area (Å²) in [6, 6.07) is 5.23. The van der Waals surface area contributed by atoms with Crippen LogP contribution in [0.5, 0.6) is 0 Å². The first-order chi connectivity index (χ1) is 7.71. The molecular weight excluding hydrogens is 203 g/mol. The van der Waals surface area contributed by atoms with E-state index >= 15 is 0 Å². The van der Waals surface area contributed by atoms with Gasteiger partial charge in [-0.15, -0.1) is 0 Å². The molecule has 1 rings (SSSR count). The van der Waals surface area contributed by atoms with Gasteiger partial charge in [0, 0.05) is 18.7 Å². The van der Waals surface area contributed by atoms with Crippen LogP contribution in [0.2, 0.25) is 0 Å². The van der Waals surface area contributed by atoms with Crippen molar-refractivity contribution in [2.45, 2.75) is 26.8 Å². The van der Waals surface area contributed by atoms with Crippen LogP contribution in [0.4, 0.5) is 4.39 Å². The summed E-state index contributed by atoms with van der Waals surface area (Å²) in [5.74, 6) is -0.200. The Bertz CT molecular complexity index is 322. The minimum Gasteiger partial charge on any atom is -0.326 e. The van der Waals surface area contributed by atoms with Crippen LogP contribution in [0.25, 0.3) is 0 Å². The fraction of sp³-hybridized carbons (Fsp3) is 0.538. The number of rotatable bonds is 6. The van der Waals surface area contributed by atoms with E-state index < -0.39 is 0 Å². The smallest absolute Gasteiger partial charge is 0.127 e. The first-order valence-corrected chi connectivity index (χ1v) is 5.91. The lowest BCUT2D eigenvalue weighted by Crippen LogP contribution is -2.25. The fourth-order valence-electron chi connectivity index (χ4n) is 1.77. The van der Waals surface area contributed by atoms with Gasteiger partial charge in [0.1, 0.15) is 5.82 Å². The number of nitrogens with two attached hydrogens (primary N) is 1. The quantitative estimate of drug-likeness (QED) is 0.802. The maximum atomic E-state index is 13.2. The summed E-state index contributed by atoms with van der Waals surface area (Å²) in [4.78, 5) is 2.35. The Morgan fingerprint density at radius 1 is 1.25 bits per heavy atom. The molecule has 0 aliphatic heterocycles. The predicted octanol–water partition coefficient (Wildman–Crippen LogP) is 2.17. The lowest BCUT2D eigenvalue weighted by molar-refractivity contribution is 0.308. The van der Waals surface area contributed by atoms with E-state index in [1.54, 1.807) is 0 Å². The average molecular weight is 224 g/mol. The second-order valence-electron chi connectivity index (χ2n) is 3.91. The van der Waals surface area contributed by atoms with Crippen LogP contribution >= 0.6 is 0 Å². The number of benzene rings is 1. The van der Waals surface area contributed by atoms with Crippen LogP contribution in [-0.4, -0.2) is 24.5 Å². The standard InChI is InChI=1S/C13H21FN2/c1-3-16(4-2)8-7-11-5-6-13(14)12(9-11)10-15/h5-6,9H,3-4,7-8,10,15H2,1-2H3. The van der Waals surface area contributed by atoms with Gasteiger partial charge < -0.3 is 10.6 Å². The van der Waals surface area contributed by atoms with Gasteiger partial charge in [-0.25, -0.2) is 4.39 Å². The molecule has 0 heterocycles. The lowest BCUT2D eigenvalue weighted by Gasteiger charge is -2.17. The normalized spacial score (nSPS) is 11.1. The maximum Gasteiger partial charge on any atom is 0.127 e. The van der Waals surface area contributed by atoms with Crippen molar-refractivity contribution in [3.63, 3.8) is 0 Å². The molecule has 2 nitrogen and oxygen atoms in total. The molecule has 16 heavy (non-hydrogen) atoms. The Hall–Kier alpha value is -0.930. The van der Waals surface area contributed by atoms with E-state index in [4.69, 9.17) is 5.73 Å². The third kappa shape index (κ3) is 3.58. The highest BCUT2D eigenvalue weighted by Gasteiger charge is 2.04. The summed E-state index contributed by atoms with van der Waals surface area (Å²) >= 11 is 0. The van der Waals surface area contributed by atoms with Gasteiger partial charge in [0.2, 0.25) is 0 Å². The van der Waals surface area contributed by atoms with Gasteiger partial charge in [-0.05, 0) is 31.1 Å². The molecule has 2 N–H and O–H groups in total. The third-order valence-corrected chi connectivity index (χ3v) is 2.94. The van der Waals surface area contributed by atoms with Crippen molar-refractivity contribution < 1.29 is 4.39 Å². The SMILES string of the molecule is CCN(CC)CCc1ccc(F)c(CN)c1. The molecule has 0 amide bonds. The van der Waals surface area contributed by atoms with Gasteiger partial charge in [-0.3, -0.25) is 0 Å². The van der Waals surface area contributed by atoms with Crippen LogP contribution in [0.1, 0.15) is 25.0 Å². The first-order valence-electron chi connectivity index (χ1n) is 5.91. The molecule has 0 aliphatic carbocycles. The zero-order valence-corrected chi connectivity index (χ0v) is 10.2. The minimum absolute atomic E-state index is 0.200. The van der Waals surface area contributed by atoms with Crippen molar-refractivity contribution in [2.24, 2.45) is 5.73 Å². The van der Waals surface area contributed by atoms with Gasteiger partial charge in [0.15, 0.2) is 0 Å². The van der Waals surface area contributed by atoms with E-state index in [1.165, 1.54) is 6.07 Å². The fourth-order valence-corrected chi connectivity index (χ4v) is 1.77. The molecule has 90 valence electrons. The zero-order chi connectivity index (χ0) is 12.0. The van der Waals surface area contributed by atoms with Gasteiger partial charge >= 0.3 is 0 Å². The molecule has 0 fully saturated rings. The molecule has 1 aromatic rings. The van der Waals surface area contributed by atoms with Crippen molar-refractivity contribution in [1.29, 1.82) is 0 Å². The molecule has 0 unspecified atom stereocenters. The summed E-state index contributed by atoms with van der Waals surface area (Å²) in [6.45, 7) is 7.70. The topological polar surface area (TPSA) is 29.3 Å². The van der Waals surface area contributed by atoms with Crippen molar-refractivity contribution in [1.82, 2.24) is 4.90 Å². The van der Waals surface area contributed by atoms with Crippen LogP contribution in [0.15, 0.2) is 18.2 Å². The molecule has 3 heteroatoms. The molecule has 0 radical (unpaired) electrons. The van der Waals surface area contributed by atoms with Gasteiger partial charge in [0.25, 0.3) is 0 Å². The van der Waals surface area contributed by atoms with Gasteiger partial charge in [-0.2, -0.15) is 0 Å². The molecule has 0 aromatic heterocycles. The predicted molar refractivity (Wildman–Crippen MR) is 65.8 cm³/mol. The summed E-state index contributed by atoms with van der Waals surface area (Å²) in [6.07, 6.45) is 0.953. The largest absolute Gasteiger partial charge is 0.326 e. The molecule has 0 saturated carbocycles. The summed E-state index contributed by atoms with van der Waals surface area (Å²) in [5.41, 5.74) is 7.25. The average Bonchev–Trinajstić information content (AvgIpc) is 2.32. The summed E-state index contributed by atoms with van der Waals surface area (Å²) in [7, 11) is 0. The second-order valence-corrected chi connectivity index (χ2v) is 3.91. The Morgan fingerprint density at radius 3 is 2.50 bits per heavy atom. The number of nitrogens with zero attached hydrogens (tertiary/aromatic N) is 1. The van der Waals surface area contributed by atoms with Crippen molar-refractivity contribution in [2.75, 3.05) is 19.6 Å². The number of hydrogen-bond acceptors (Lipinski definition) is 2. The van der Waals surface area contributed by atoms with Gasteiger partial charge in [-0.1, -0.05) is 26.0 Å². The van der Waals surface area contributed by atoms with Crippen LogP contribution in [0, 0.1) is 5.82 Å². The minimum atomic E-state index is -0.200. The molecule has 0 aliphatic rings. The van der Waals surface area contributed by atoms with E-state index in [1.807, 2.05) is 12.1 Å². The highest BCUT2D eigenvalue weighted by Crippen LogP contribution is 2.11. The van der Waals surface area contributed by atoms with E-state index in [2.05, 4.69) is 18.7 Å².